The molecule has 0 aliphatic carbocycles. The highest BCUT2D eigenvalue weighted by atomic mass is 127. The Labute approximate surface area is 179 Å². The number of anilines is 1. The van der Waals surface area contributed by atoms with Gasteiger partial charge in [0.15, 0.2) is 12.2 Å². The predicted molar refractivity (Wildman–Crippen MR) is 118 cm³/mol. The maximum atomic E-state index is 12.2. The topological polar surface area (TPSA) is 64.4 Å². The van der Waals surface area contributed by atoms with Gasteiger partial charge in [0.05, 0.1) is 5.02 Å². The van der Waals surface area contributed by atoms with E-state index >= 15 is 0 Å². The molecule has 1 N–H and O–H groups in total. The van der Waals surface area contributed by atoms with Crippen LogP contribution in [0.5, 0.6) is 5.75 Å². The van der Waals surface area contributed by atoms with Crippen molar-refractivity contribution in [1.29, 1.82) is 0 Å². The van der Waals surface area contributed by atoms with Gasteiger partial charge in [0, 0.05) is 14.8 Å². The zero-order valence-electron chi connectivity index (χ0n) is 14.5. The molecule has 0 aliphatic heterocycles. The van der Waals surface area contributed by atoms with Crippen LogP contribution in [-0.2, 0) is 4.79 Å². The number of carbonyl (C=O) groups is 1. The van der Waals surface area contributed by atoms with E-state index in [4.69, 9.17) is 20.8 Å². The van der Waals surface area contributed by atoms with E-state index < -0.39 is 0 Å². The molecule has 3 aromatic carbocycles. The van der Waals surface area contributed by atoms with E-state index in [1.165, 1.54) is 0 Å². The Morgan fingerprint density at radius 3 is 2.79 bits per heavy atom. The van der Waals surface area contributed by atoms with E-state index in [1.54, 1.807) is 42.5 Å². The van der Waals surface area contributed by atoms with Gasteiger partial charge >= 0.3 is 0 Å². The molecular weight excluding hydrogens is 491 g/mol. The molecule has 1 heterocycles. The predicted octanol–water partition coefficient (Wildman–Crippen LogP) is 5.77. The van der Waals surface area contributed by atoms with Crippen LogP contribution in [0.1, 0.15) is 0 Å². The van der Waals surface area contributed by atoms with Crippen molar-refractivity contribution >= 4 is 56.9 Å². The zero-order chi connectivity index (χ0) is 19.5. The third-order valence-electron chi connectivity index (χ3n) is 3.94. The second-order valence-corrected chi connectivity index (χ2v) is 7.63. The standard InChI is InChI=1S/C21H14ClIN2O3/c22-16-6-1-2-7-18(16)27-12-20(26)24-15-8-9-19-17(11-15)25-21(28-19)13-4-3-5-14(23)10-13/h1-11H,12H2,(H,24,26). The number of aromatic nitrogens is 1. The number of para-hydroxylation sites is 1. The van der Waals surface area contributed by atoms with E-state index in [0.717, 1.165) is 9.13 Å². The van der Waals surface area contributed by atoms with Gasteiger partial charge in [-0.1, -0.05) is 29.8 Å². The Morgan fingerprint density at radius 1 is 1.11 bits per heavy atom. The highest BCUT2D eigenvalue weighted by Gasteiger charge is 2.11. The number of nitrogens with zero attached hydrogens (tertiary/aromatic N) is 1. The maximum absolute atomic E-state index is 12.2. The average Bonchev–Trinajstić information content (AvgIpc) is 3.11. The summed E-state index contributed by atoms with van der Waals surface area (Å²) in [4.78, 5) is 16.7. The fourth-order valence-corrected chi connectivity index (χ4v) is 3.39. The number of amides is 1. The molecule has 0 fully saturated rings. The number of benzene rings is 3. The largest absolute Gasteiger partial charge is 0.482 e. The zero-order valence-corrected chi connectivity index (χ0v) is 17.4. The van der Waals surface area contributed by atoms with Crippen LogP contribution in [0.2, 0.25) is 5.02 Å². The van der Waals surface area contributed by atoms with Crippen LogP contribution in [-0.4, -0.2) is 17.5 Å². The summed E-state index contributed by atoms with van der Waals surface area (Å²) in [7, 11) is 0. The lowest BCUT2D eigenvalue weighted by molar-refractivity contribution is -0.118. The van der Waals surface area contributed by atoms with Crippen molar-refractivity contribution in [2.24, 2.45) is 0 Å². The number of oxazole rings is 1. The molecule has 0 radical (unpaired) electrons. The van der Waals surface area contributed by atoms with Crippen LogP contribution in [0, 0.1) is 3.57 Å². The van der Waals surface area contributed by atoms with Crippen molar-refractivity contribution < 1.29 is 13.9 Å². The molecule has 0 saturated carbocycles. The molecular formula is C21H14ClIN2O3. The molecule has 1 aromatic heterocycles. The number of hydrogen-bond acceptors (Lipinski definition) is 4. The van der Waals surface area contributed by atoms with Crippen LogP contribution in [0.3, 0.4) is 0 Å². The summed E-state index contributed by atoms with van der Waals surface area (Å²) in [5, 5.41) is 3.25. The number of halogens is 2. The lowest BCUT2D eigenvalue weighted by Crippen LogP contribution is -2.20. The first-order valence-electron chi connectivity index (χ1n) is 8.42. The van der Waals surface area contributed by atoms with Gasteiger partial charge in [0.25, 0.3) is 5.91 Å². The van der Waals surface area contributed by atoms with E-state index in [0.29, 0.717) is 33.4 Å². The van der Waals surface area contributed by atoms with Gasteiger partial charge in [-0.15, -0.1) is 0 Å². The lowest BCUT2D eigenvalue weighted by atomic mass is 10.2. The van der Waals surface area contributed by atoms with Crippen molar-refractivity contribution in [3.63, 3.8) is 0 Å². The summed E-state index contributed by atoms with van der Waals surface area (Å²) in [5.41, 5.74) is 2.84. The minimum Gasteiger partial charge on any atom is -0.482 e. The maximum Gasteiger partial charge on any atom is 0.262 e. The molecule has 140 valence electrons. The van der Waals surface area contributed by atoms with Crippen LogP contribution in [0.25, 0.3) is 22.6 Å². The summed E-state index contributed by atoms with van der Waals surface area (Å²) in [6, 6.07) is 20.2. The molecule has 28 heavy (non-hydrogen) atoms. The Kier molecular flexibility index (Phi) is 5.50. The summed E-state index contributed by atoms with van der Waals surface area (Å²) < 4.78 is 12.4. The molecule has 0 saturated heterocycles. The number of ether oxygens (including phenoxy) is 1. The summed E-state index contributed by atoms with van der Waals surface area (Å²) >= 11 is 8.27. The van der Waals surface area contributed by atoms with Gasteiger partial charge in [0.1, 0.15) is 11.3 Å². The number of fused-ring (bicyclic) bond motifs is 1. The fraction of sp³-hybridized carbons (Fsp3) is 0.0476. The van der Waals surface area contributed by atoms with Crippen molar-refractivity contribution in [1.82, 2.24) is 4.98 Å². The normalized spacial score (nSPS) is 10.8. The van der Waals surface area contributed by atoms with E-state index in [2.05, 4.69) is 32.9 Å². The first-order chi connectivity index (χ1) is 13.6. The Morgan fingerprint density at radius 2 is 1.96 bits per heavy atom. The van der Waals surface area contributed by atoms with Crippen LogP contribution in [0.4, 0.5) is 5.69 Å². The van der Waals surface area contributed by atoms with Gasteiger partial charge in [-0.3, -0.25) is 4.79 Å². The fourth-order valence-electron chi connectivity index (χ4n) is 2.65. The van der Waals surface area contributed by atoms with E-state index in [-0.39, 0.29) is 12.5 Å². The minimum atomic E-state index is -0.291. The first-order valence-corrected chi connectivity index (χ1v) is 9.88. The number of nitrogens with one attached hydrogen (secondary N) is 1. The van der Waals surface area contributed by atoms with Crippen LogP contribution in [0.15, 0.2) is 71.1 Å². The van der Waals surface area contributed by atoms with Crippen molar-refractivity contribution in [3.8, 4) is 17.2 Å². The quantitative estimate of drug-likeness (QED) is 0.351. The second kappa shape index (κ2) is 8.20. The first kappa shape index (κ1) is 18.8. The molecule has 5 nitrogen and oxygen atoms in total. The lowest BCUT2D eigenvalue weighted by Gasteiger charge is -2.08. The molecule has 0 bridgehead atoms. The highest BCUT2D eigenvalue weighted by molar-refractivity contribution is 14.1. The second-order valence-electron chi connectivity index (χ2n) is 5.98. The molecule has 4 rings (SSSR count). The van der Waals surface area contributed by atoms with Gasteiger partial charge in [0.2, 0.25) is 5.89 Å². The molecule has 0 unspecified atom stereocenters. The van der Waals surface area contributed by atoms with Crippen LogP contribution < -0.4 is 10.1 Å². The smallest absolute Gasteiger partial charge is 0.262 e. The number of rotatable bonds is 5. The molecule has 1 amide bonds. The van der Waals surface area contributed by atoms with Gasteiger partial charge in [-0.2, -0.15) is 0 Å². The number of hydrogen-bond donors (Lipinski definition) is 1. The van der Waals surface area contributed by atoms with Crippen LogP contribution >= 0.6 is 34.2 Å². The summed E-state index contributed by atoms with van der Waals surface area (Å²) in [6.07, 6.45) is 0. The Bertz CT molecular complexity index is 1160. The van der Waals surface area contributed by atoms with Gasteiger partial charge in [-0.05, 0) is 71.1 Å². The summed E-state index contributed by atoms with van der Waals surface area (Å²) in [6.45, 7) is -0.145. The van der Waals surface area contributed by atoms with Gasteiger partial charge in [-0.25, -0.2) is 4.98 Å². The molecule has 4 aromatic rings. The molecule has 0 atom stereocenters. The van der Waals surface area contributed by atoms with Crippen molar-refractivity contribution in [2.75, 3.05) is 11.9 Å². The third-order valence-corrected chi connectivity index (χ3v) is 4.92. The van der Waals surface area contributed by atoms with E-state index in [9.17, 15) is 4.79 Å². The Hall–Kier alpha value is -2.58. The molecule has 0 spiro atoms. The third kappa shape index (κ3) is 4.28. The monoisotopic (exact) mass is 504 g/mol. The van der Waals surface area contributed by atoms with E-state index in [1.807, 2.05) is 24.3 Å². The SMILES string of the molecule is O=C(COc1ccccc1Cl)Nc1ccc2oc(-c3cccc(I)c3)nc2c1. The molecule has 0 aliphatic rings. The minimum absolute atomic E-state index is 0.145. The summed E-state index contributed by atoms with van der Waals surface area (Å²) in [5.74, 6) is 0.716. The van der Waals surface area contributed by atoms with Gasteiger partial charge < -0.3 is 14.5 Å². The highest BCUT2D eigenvalue weighted by Crippen LogP contribution is 2.27. The Balaban J connectivity index is 1.47. The average molecular weight is 505 g/mol. The number of carbonyl (C=O) groups excluding carboxylic acids is 1. The van der Waals surface area contributed by atoms with Crippen molar-refractivity contribution in [3.05, 3.63) is 75.3 Å². The van der Waals surface area contributed by atoms with Crippen molar-refractivity contribution in [2.45, 2.75) is 0 Å². The molecule has 7 heteroatoms.